The fraction of sp³-hybridized carbons (Fsp3) is 0.0714. The Balaban J connectivity index is 2.14. The zero-order valence-corrected chi connectivity index (χ0v) is 11.7. The predicted octanol–water partition coefficient (Wildman–Crippen LogP) is 4.14. The summed E-state index contributed by atoms with van der Waals surface area (Å²) in [5.41, 5.74) is 2.04. The molecule has 3 nitrogen and oxygen atoms in total. The van der Waals surface area contributed by atoms with Gasteiger partial charge < -0.3 is 9.72 Å². The van der Waals surface area contributed by atoms with E-state index in [1.54, 1.807) is 19.2 Å². The van der Waals surface area contributed by atoms with Gasteiger partial charge in [-0.15, -0.1) is 0 Å². The molecular formula is C14H10BrFN2O. The Morgan fingerprint density at radius 1 is 1.21 bits per heavy atom. The minimum absolute atomic E-state index is 0.319. The molecule has 1 N–H and O–H groups in total. The highest BCUT2D eigenvalue weighted by Gasteiger charge is 2.10. The number of fused-ring (bicyclic) bond motifs is 1. The number of methoxy groups -OCH3 is 1. The summed E-state index contributed by atoms with van der Waals surface area (Å²) in [4.78, 5) is 7.48. The predicted molar refractivity (Wildman–Crippen MR) is 75.7 cm³/mol. The standard InChI is InChI=1S/C14H10BrFN2O/c1-19-9-3-5-12-13(7-9)18-14(17-12)10-4-2-8(15)6-11(10)16/h2-7H,1H3,(H,17,18). The van der Waals surface area contributed by atoms with Gasteiger partial charge in [-0.1, -0.05) is 15.9 Å². The molecule has 0 aliphatic rings. The van der Waals surface area contributed by atoms with Gasteiger partial charge in [0.25, 0.3) is 0 Å². The molecule has 0 saturated heterocycles. The third-order valence-electron chi connectivity index (χ3n) is 2.88. The van der Waals surface area contributed by atoms with Crippen molar-refractivity contribution in [2.24, 2.45) is 0 Å². The normalized spacial score (nSPS) is 10.9. The van der Waals surface area contributed by atoms with Gasteiger partial charge in [-0.2, -0.15) is 0 Å². The molecule has 19 heavy (non-hydrogen) atoms. The smallest absolute Gasteiger partial charge is 0.141 e. The maximum Gasteiger partial charge on any atom is 0.141 e. The summed E-state index contributed by atoms with van der Waals surface area (Å²) in [5, 5.41) is 0. The summed E-state index contributed by atoms with van der Waals surface area (Å²) in [6, 6.07) is 10.4. The van der Waals surface area contributed by atoms with Crippen molar-refractivity contribution < 1.29 is 9.13 Å². The molecule has 0 saturated carbocycles. The number of rotatable bonds is 2. The zero-order valence-electron chi connectivity index (χ0n) is 10.1. The topological polar surface area (TPSA) is 37.9 Å². The van der Waals surface area contributed by atoms with E-state index in [-0.39, 0.29) is 5.82 Å². The van der Waals surface area contributed by atoms with Crippen molar-refractivity contribution in [1.82, 2.24) is 9.97 Å². The molecule has 0 atom stereocenters. The van der Waals surface area contributed by atoms with E-state index < -0.39 is 0 Å². The second-order valence-electron chi connectivity index (χ2n) is 4.09. The number of imidazole rings is 1. The van der Waals surface area contributed by atoms with Crippen LogP contribution in [-0.4, -0.2) is 17.1 Å². The molecule has 5 heteroatoms. The largest absolute Gasteiger partial charge is 0.497 e. The van der Waals surface area contributed by atoms with E-state index in [0.29, 0.717) is 15.9 Å². The minimum atomic E-state index is -0.319. The van der Waals surface area contributed by atoms with Crippen molar-refractivity contribution in [3.8, 4) is 17.1 Å². The van der Waals surface area contributed by atoms with E-state index in [9.17, 15) is 4.39 Å². The summed E-state index contributed by atoms with van der Waals surface area (Å²) in [7, 11) is 1.60. The van der Waals surface area contributed by atoms with Crippen LogP contribution in [-0.2, 0) is 0 Å². The van der Waals surface area contributed by atoms with E-state index in [2.05, 4.69) is 25.9 Å². The van der Waals surface area contributed by atoms with Crippen LogP contribution in [0.1, 0.15) is 0 Å². The van der Waals surface area contributed by atoms with Gasteiger partial charge in [0.2, 0.25) is 0 Å². The number of aromatic nitrogens is 2. The Morgan fingerprint density at radius 2 is 2.05 bits per heavy atom. The molecule has 0 bridgehead atoms. The summed E-state index contributed by atoms with van der Waals surface area (Å²) in [6.45, 7) is 0. The summed E-state index contributed by atoms with van der Waals surface area (Å²) in [5.74, 6) is 0.924. The Hall–Kier alpha value is -1.88. The lowest BCUT2D eigenvalue weighted by atomic mass is 10.2. The van der Waals surface area contributed by atoms with Crippen molar-refractivity contribution >= 4 is 27.0 Å². The van der Waals surface area contributed by atoms with Crippen LogP contribution in [0.25, 0.3) is 22.4 Å². The molecule has 1 heterocycles. The van der Waals surface area contributed by atoms with E-state index in [1.165, 1.54) is 6.07 Å². The van der Waals surface area contributed by atoms with Crippen molar-refractivity contribution in [2.45, 2.75) is 0 Å². The number of aromatic amines is 1. The number of ether oxygens (including phenoxy) is 1. The first-order valence-electron chi connectivity index (χ1n) is 5.66. The number of hydrogen-bond donors (Lipinski definition) is 1. The highest BCUT2D eigenvalue weighted by Crippen LogP contribution is 2.27. The van der Waals surface area contributed by atoms with Crippen LogP contribution >= 0.6 is 15.9 Å². The van der Waals surface area contributed by atoms with E-state index in [0.717, 1.165) is 16.8 Å². The molecule has 0 aliphatic heterocycles. The van der Waals surface area contributed by atoms with Gasteiger partial charge in [-0.3, -0.25) is 0 Å². The first-order chi connectivity index (χ1) is 9.17. The molecule has 0 amide bonds. The number of nitrogens with zero attached hydrogens (tertiary/aromatic N) is 1. The van der Waals surface area contributed by atoms with Crippen molar-refractivity contribution in [1.29, 1.82) is 0 Å². The maximum atomic E-state index is 13.9. The van der Waals surface area contributed by atoms with Gasteiger partial charge in [0.15, 0.2) is 0 Å². The van der Waals surface area contributed by atoms with E-state index in [4.69, 9.17) is 4.74 Å². The molecule has 0 spiro atoms. The van der Waals surface area contributed by atoms with Crippen molar-refractivity contribution in [2.75, 3.05) is 7.11 Å². The third kappa shape index (κ3) is 2.21. The Morgan fingerprint density at radius 3 is 2.79 bits per heavy atom. The molecule has 1 aromatic heterocycles. The van der Waals surface area contributed by atoms with Gasteiger partial charge in [-0.05, 0) is 30.3 Å². The number of benzene rings is 2. The lowest BCUT2D eigenvalue weighted by Crippen LogP contribution is -1.86. The fourth-order valence-corrected chi connectivity index (χ4v) is 2.26. The van der Waals surface area contributed by atoms with Gasteiger partial charge in [0.1, 0.15) is 17.4 Å². The first kappa shape index (κ1) is 12.2. The number of halogens is 2. The summed E-state index contributed by atoms with van der Waals surface area (Å²) >= 11 is 3.24. The second kappa shape index (κ2) is 4.66. The average Bonchev–Trinajstić information content (AvgIpc) is 2.80. The average molecular weight is 321 g/mol. The van der Waals surface area contributed by atoms with Crippen LogP contribution in [0.15, 0.2) is 40.9 Å². The Bertz CT molecular complexity index is 754. The molecule has 0 fully saturated rings. The third-order valence-corrected chi connectivity index (χ3v) is 3.37. The molecule has 2 aromatic carbocycles. The van der Waals surface area contributed by atoms with Crippen LogP contribution in [0.4, 0.5) is 4.39 Å². The first-order valence-corrected chi connectivity index (χ1v) is 6.46. The quantitative estimate of drug-likeness (QED) is 0.770. The second-order valence-corrected chi connectivity index (χ2v) is 5.01. The van der Waals surface area contributed by atoms with Gasteiger partial charge >= 0.3 is 0 Å². The van der Waals surface area contributed by atoms with Crippen LogP contribution in [0.5, 0.6) is 5.75 Å². The van der Waals surface area contributed by atoms with Crippen LogP contribution < -0.4 is 4.74 Å². The molecule has 96 valence electrons. The lowest BCUT2D eigenvalue weighted by Gasteiger charge is -1.99. The number of H-pyrrole nitrogens is 1. The molecule has 0 unspecified atom stereocenters. The fourth-order valence-electron chi connectivity index (χ4n) is 1.92. The number of hydrogen-bond acceptors (Lipinski definition) is 2. The van der Waals surface area contributed by atoms with Gasteiger partial charge in [-0.25, -0.2) is 9.37 Å². The molecule has 3 rings (SSSR count). The number of nitrogens with one attached hydrogen (secondary N) is 1. The van der Waals surface area contributed by atoms with Crippen LogP contribution in [0.3, 0.4) is 0 Å². The summed E-state index contributed by atoms with van der Waals surface area (Å²) in [6.07, 6.45) is 0. The highest BCUT2D eigenvalue weighted by atomic mass is 79.9. The Labute approximate surface area is 117 Å². The lowest BCUT2D eigenvalue weighted by molar-refractivity contribution is 0.415. The zero-order chi connectivity index (χ0) is 13.4. The van der Waals surface area contributed by atoms with Crippen LogP contribution in [0.2, 0.25) is 0 Å². The molecule has 0 aliphatic carbocycles. The van der Waals surface area contributed by atoms with E-state index >= 15 is 0 Å². The Kier molecular flexibility index (Phi) is 2.98. The summed E-state index contributed by atoms with van der Waals surface area (Å²) < 4.78 is 19.7. The van der Waals surface area contributed by atoms with E-state index in [1.807, 2.05) is 18.2 Å². The monoisotopic (exact) mass is 320 g/mol. The molecular weight excluding hydrogens is 311 g/mol. The SMILES string of the molecule is COc1ccc2nc(-c3ccc(Br)cc3F)[nH]c2c1. The maximum absolute atomic E-state index is 13.9. The van der Waals surface area contributed by atoms with Gasteiger partial charge in [0, 0.05) is 10.5 Å². The van der Waals surface area contributed by atoms with Gasteiger partial charge in [0.05, 0.1) is 23.7 Å². The minimum Gasteiger partial charge on any atom is -0.497 e. The molecule has 0 radical (unpaired) electrons. The highest BCUT2D eigenvalue weighted by molar-refractivity contribution is 9.10. The van der Waals surface area contributed by atoms with Crippen LogP contribution in [0, 0.1) is 5.82 Å². The van der Waals surface area contributed by atoms with Crippen molar-refractivity contribution in [3.63, 3.8) is 0 Å². The van der Waals surface area contributed by atoms with Crippen molar-refractivity contribution in [3.05, 3.63) is 46.7 Å². The molecule has 3 aromatic rings.